The molecule has 2 rings (SSSR count). The van der Waals surface area contributed by atoms with Crippen molar-refractivity contribution in [1.29, 1.82) is 0 Å². The second kappa shape index (κ2) is 7.95. The van der Waals surface area contributed by atoms with Crippen molar-refractivity contribution in [2.24, 2.45) is 0 Å². The molecule has 1 aromatic rings. The number of rotatable bonds is 6. The molecular formula is C15H23N3O3. The van der Waals surface area contributed by atoms with E-state index in [-0.39, 0.29) is 16.9 Å². The molecule has 2 heterocycles. The zero-order chi connectivity index (χ0) is 15.1. The molecule has 0 atom stereocenters. The lowest BCUT2D eigenvalue weighted by Gasteiger charge is -2.22. The fourth-order valence-corrected chi connectivity index (χ4v) is 2.33. The van der Waals surface area contributed by atoms with Crippen molar-refractivity contribution in [3.63, 3.8) is 0 Å². The van der Waals surface area contributed by atoms with Crippen molar-refractivity contribution in [1.82, 2.24) is 15.6 Å². The van der Waals surface area contributed by atoms with Crippen LogP contribution in [0.4, 0.5) is 0 Å². The maximum atomic E-state index is 11.9. The quantitative estimate of drug-likeness (QED) is 0.670. The predicted molar refractivity (Wildman–Crippen MR) is 80.6 cm³/mol. The average molecular weight is 293 g/mol. The smallest absolute Gasteiger partial charge is 0.256 e. The summed E-state index contributed by atoms with van der Waals surface area (Å²) < 4.78 is 5.75. The third-order valence-corrected chi connectivity index (χ3v) is 3.55. The van der Waals surface area contributed by atoms with Crippen LogP contribution in [0.1, 0.15) is 35.3 Å². The number of ether oxygens (including phenoxy) is 1. The number of hydrogen-bond acceptors (Lipinski definition) is 4. The highest BCUT2D eigenvalue weighted by atomic mass is 16.5. The summed E-state index contributed by atoms with van der Waals surface area (Å²) in [6.45, 7) is 4.95. The molecule has 1 fully saturated rings. The van der Waals surface area contributed by atoms with Gasteiger partial charge in [0.1, 0.15) is 5.56 Å². The van der Waals surface area contributed by atoms with Crippen LogP contribution in [-0.2, 0) is 4.74 Å². The SMILES string of the molecule is Cc1cc(=O)c(C(=O)NCCCOC2CCNCC2)c[nH]1. The molecule has 21 heavy (non-hydrogen) atoms. The molecule has 1 amide bonds. The van der Waals surface area contributed by atoms with Crippen LogP contribution in [0.15, 0.2) is 17.1 Å². The van der Waals surface area contributed by atoms with Gasteiger partial charge in [-0.2, -0.15) is 0 Å². The lowest BCUT2D eigenvalue weighted by atomic mass is 10.1. The molecule has 1 aliphatic heterocycles. The molecule has 0 unspecified atom stereocenters. The first-order valence-corrected chi connectivity index (χ1v) is 7.46. The van der Waals surface area contributed by atoms with Gasteiger partial charge in [-0.15, -0.1) is 0 Å². The highest BCUT2D eigenvalue weighted by molar-refractivity contribution is 5.93. The number of nitrogens with one attached hydrogen (secondary N) is 3. The van der Waals surface area contributed by atoms with Gasteiger partial charge in [0.15, 0.2) is 5.43 Å². The summed E-state index contributed by atoms with van der Waals surface area (Å²) in [6.07, 6.45) is 4.63. The third-order valence-electron chi connectivity index (χ3n) is 3.55. The Morgan fingerprint density at radius 1 is 1.43 bits per heavy atom. The van der Waals surface area contributed by atoms with Crippen molar-refractivity contribution >= 4 is 5.91 Å². The minimum Gasteiger partial charge on any atom is -0.378 e. The van der Waals surface area contributed by atoms with E-state index in [1.807, 2.05) is 0 Å². The molecule has 6 nitrogen and oxygen atoms in total. The Hall–Kier alpha value is -1.66. The van der Waals surface area contributed by atoms with Gasteiger partial charge >= 0.3 is 0 Å². The van der Waals surface area contributed by atoms with E-state index in [0.29, 0.717) is 19.3 Å². The van der Waals surface area contributed by atoms with Gasteiger partial charge < -0.3 is 20.4 Å². The topological polar surface area (TPSA) is 83.2 Å². The van der Waals surface area contributed by atoms with Gasteiger partial charge in [-0.25, -0.2) is 0 Å². The van der Waals surface area contributed by atoms with Gasteiger partial charge in [-0.3, -0.25) is 9.59 Å². The molecule has 6 heteroatoms. The van der Waals surface area contributed by atoms with Gasteiger partial charge in [-0.1, -0.05) is 0 Å². The van der Waals surface area contributed by atoms with Crippen LogP contribution in [0.5, 0.6) is 0 Å². The van der Waals surface area contributed by atoms with E-state index in [2.05, 4.69) is 15.6 Å². The number of aromatic nitrogens is 1. The van der Waals surface area contributed by atoms with E-state index in [1.165, 1.54) is 12.3 Å². The first-order valence-electron chi connectivity index (χ1n) is 7.46. The summed E-state index contributed by atoms with van der Waals surface area (Å²) in [6, 6.07) is 1.43. The summed E-state index contributed by atoms with van der Waals surface area (Å²) in [7, 11) is 0. The molecule has 0 radical (unpaired) electrons. The van der Waals surface area contributed by atoms with Gasteiger partial charge in [0.05, 0.1) is 6.10 Å². The molecule has 116 valence electrons. The Kier molecular flexibility index (Phi) is 5.95. The summed E-state index contributed by atoms with van der Waals surface area (Å²) >= 11 is 0. The molecule has 0 saturated carbocycles. The number of carbonyl (C=O) groups excluding carboxylic acids is 1. The van der Waals surface area contributed by atoms with Crippen LogP contribution >= 0.6 is 0 Å². The second-order valence-electron chi connectivity index (χ2n) is 5.32. The zero-order valence-corrected chi connectivity index (χ0v) is 12.4. The highest BCUT2D eigenvalue weighted by Crippen LogP contribution is 2.07. The van der Waals surface area contributed by atoms with Gasteiger partial charge in [0.25, 0.3) is 5.91 Å². The number of aryl methyl sites for hydroxylation is 1. The second-order valence-corrected chi connectivity index (χ2v) is 5.32. The Morgan fingerprint density at radius 3 is 2.90 bits per heavy atom. The molecule has 1 saturated heterocycles. The van der Waals surface area contributed by atoms with E-state index in [1.54, 1.807) is 6.92 Å². The lowest BCUT2D eigenvalue weighted by Crippen LogP contribution is -2.33. The zero-order valence-electron chi connectivity index (χ0n) is 12.4. The molecular weight excluding hydrogens is 270 g/mol. The minimum atomic E-state index is -0.335. The molecule has 3 N–H and O–H groups in total. The maximum absolute atomic E-state index is 11.9. The molecule has 1 aliphatic rings. The average Bonchev–Trinajstić information content (AvgIpc) is 2.47. The van der Waals surface area contributed by atoms with Crippen LogP contribution in [0.3, 0.4) is 0 Å². The number of hydrogen-bond donors (Lipinski definition) is 3. The monoisotopic (exact) mass is 293 g/mol. The lowest BCUT2D eigenvalue weighted by molar-refractivity contribution is 0.0318. The van der Waals surface area contributed by atoms with E-state index in [9.17, 15) is 9.59 Å². The number of pyridine rings is 1. The maximum Gasteiger partial charge on any atom is 0.256 e. The highest BCUT2D eigenvalue weighted by Gasteiger charge is 2.13. The number of H-pyrrole nitrogens is 1. The molecule has 0 aromatic carbocycles. The van der Waals surface area contributed by atoms with Gasteiger partial charge in [0.2, 0.25) is 0 Å². The third kappa shape index (κ3) is 4.99. The van der Waals surface area contributed by atoms with E-state index < -0.39 is 0 Å². The van der Waals surface area contributed by atoms with Gasteiger partial charge in [-0.05, 0) is 39.3 Å². The summed E-state index contributed by atoms with van der Waals surface area (Å²) in [5.74, 6) is -0.335. The normalized spacial score (nSPS) is 15.9. The standard InChI is InChI=1S/C15H23N3O3/c1-11-9-14(19)13(10-18-11)15(20)17-5-2-8-21-12-3-6-16-7-4-12/h9-10,12,16H,2-8H2,1H3,(H,17,20)(H,18,19). The van der Waals surface area contributed by atoms with Crippen molar-refractivity contribution in [2.45, 2.75) is 32.3 Å². The Labute approximate surface area is 124 Å². The Balaban J connectivity index is 1.66. The minimum absolute atomic E-state index is 0.153. The van der Waals surface area contributed by atoms with Crippen LogP contribution in [0.2, 0.25) is 0 Å². The Bertz CT molecular complexity index is 521. The van der Waals surface area contributed by atoms with Crippen molar-refractivity contribution in [3.05, 3.63) is 33.7 Å². The fraction of sp³-hybridized carbons (Fsp3) is 0.600. The molecule has 1 aromatic heterocycles. The largest absolute Gasteiger partial charge is 0.378 e. The first kappa shape index (κ1) is 15.7. The van der Waals surface area contributed by atoms with Gasteiger partial charge in [0, 0.05) is 31.1 Å². The van der Waals surface area contributed by atoms with Crippen LogP contribution in [0.25, 0.3) is 0 Å². The number of amides is 1. The van der Waals surface area contributed by atoms with Crippen molar-refractivity contribution in [3.8, 4) is 0 Å². The molecule has 0 spiro atoms. The summed E-state index contributed by atoms with van der Waals surface area (Å²) in [5, 5.41) is 6.03. The van der Waals surface area contributed by atoms with Crippen LogP contribution in [0, 0.1) is 6.92 Å². The number of piperidine rings is 1. The summed E-state index contributed by atoms with van der Waals surface area (Å²) in [5.41, 5.74) is 0.640. The molecule has 0 bridgehead atoms. The number of carbonyl (C=O) groups is 1. The van der Waals surface area contributed by atoms with E-state index in [0.717, 1.165) is 38.0 Å². The van der Waals surface area contributed by atoms with Crippen LogP contribution in [-0.4, -0.2) is 43.2 Å². The first-order chi connectivity index (χ1) is 10.2. The predicted octanol–water partition coefficient (Wildman–Crippen LogP) is 0.572. The Morgan fingerprint density at radius 2 is 2.19 bits per heavy atom. The van der Waals surface area contributed by atoms with E-state index >= 15 is 0 Å². The fourth-order valence-electron chi connectivity index (χ4n) is 2.33. The van der Waals surface area contributed by atoms with Crippen molar-refractivity contribution in [2.75, 3.05) is 26.2 Å². The molecule has 0 aliphatic carbocycles. The number of aromatic amines is 1. The summed E-state index contributed by atoms with van der Waals surface area (Å²) in [4.78, 5) is 26.4. The van der Waals surface area contributed by atoms with E-state index in [4.69, 9.17) is 4.74 Å². The van der Waals surface area contributed by atoms with Crippen LogP contribution < -0.4 is 16.1 Å². The van der Waals surface area contributed by atoms with Crippen molar-refractivity contribution < 1.29 is 9.53 Å².